The first-order chi connectivity index (χ1) is 12.5. The van der Waals surface area contributed by atoms with Crippen LogP contribution in [0, 0.1) is 12.7 Å². The number of carbonyl (C=O) groups excluding carboxylic acids is 1. The number of rotatable bonds is 4. The number of nitrogens with zero attached hydrogens (tertiary/aromatic N) is 1. The van der Waals surface area contributed by atoms with Crippen molar-refractivity contribution >= 4 is 11.7 Å². The summed E-state index contributed by atoms with van der Waals surface area (Å²) in [5.41, 5.74) is 4.48. The topological polar surface area (TPSA) is 54.0 Å². The molecule has 2 N–H and O–H groups in total. The highest BCUT2D eigenvalue weighted by Gasteiger charge is 2.10. The highest BCUT2D eigenvalue weighted by Crippen LogP contribution is 2.21. The zero-order chi connectivity index (χ0) is 18.5. The van der Waals surface area contributed by atoms with Crippen LogP contribution >= 0.6 is 0 Å². The Morgan fingerprint density at radius 3 is 2.50 bits per heavy atom. The first-order valence-corrected chi connectivity index (χ1v) is 8.37. The predicted octanol–water partition coefficient (Wildman–Crippen LogP) is 5.08. The van der Waals surface area contributed by atoms with Crippen molar-refractivity contribution in [2.24, 2.45) is 0 Å². The lowest BCUT2D eigenvalue weighted by molar-refractivity contribution is 0.249. The van der Waals surface area contributed by atoms with Gasteiger partial charge in [-0.3, -0.25) is 4.98 Å². The van der Waals surface area contributed by atoms with Gasteiger partial charge in [0.15, 0.2) is 0 Å². The number of hydrogen-bond acceptors (Lipinski definition) is 2. The number of carbonyl (C=O) groups is 1. The van der Waals surface area contributed by atoms with Gasteiger partial charge in [0.05, 0.1) is 6.04 Å². The van der Waals surface area contributed by atoms with E-state index in [2.05, 4.69) is 15.6 Å². The molecule has 0 radical (unpaired) electrons. The van der Waals surface area contributed by atoms with E-state index in [1.807, 2.05) is 50.2 Å². The molecule has 0 fully saturated rings. The molecule has 4 nitrogen and oxygen atoms in total. The maximum atomic E-state index is 13.3. The second-order valence-electron chi connectivity index (χ2n) is 6.14. The normalized spacial score (nSPS) is 11.7. The Bertz CT molecular complexity index is 909. The molecule has 0 bridgehead atoms. The lowest BCUT2D eigenvalue weighted by Gasteiger charge is -2.15. The molecular formula is C21H20FN3O. The Morgan fingerprint density at radius 2 is 1.81 bits per heavy atom. The summed E-state index contributed by atoms with van der Waals surface area (Å²) in [6.45, 7) is 3.76. The molecular weight excluding hydrogens is 329 g/mol. The molecule has 26 heavy (non-hydrogen) atoms. The molecule has 132 valence electrons. The van der Waals surface area contributed by atoms with Gasteiger partial charge in [0.1, 0.15) is 5.82 Å². The van der Waals surface area contributed by atoms with Gasteiger partial charge in [0.2, 0.25) is 0 Å². The predicted molar refractivity (Wildman–Crippen MR) is 101 cm³/mol. The molecule has 0 saturated heterocycles. The van der Waals surface area contributed by atoms with Gasteiger partial charge in [-0.1, -0.05) is 24.3 Å². The fourth-order valence-electron chi connectivity index (χ4n) is 2.69. The molecule has 0 spiro atoms. The number of urea groups is 1. The fourth-order valence-corrected chi connectivity index (χ4v) is 2.69. The molecule has 2 amide bonds. The molecule has 0 saturated carbocycles. The van der Waals surface area contributed by atoms with Crippen molar-refractivity contribution in [3.05, 3.63) is 83.9 Å². The number of halogens is 1. The summed E-state index contributed by atoms with van der Waals surface area (Å²) in [6.07, 6.45) is 1.78. The minimum atomic E-state index is -0.339. The number of hydrogen-bond donors (Lipinski definition) is 2. The maximum absolute atomic E-state index is 13.3. The van der Waals surface area contributed by atoms with Gasteiger partial charge < -0.3 is 10.6 Å². The molecule has 0 aliphatic rings. The first-order valence-electron chi connectivity index (χ1n) is 8.37. The van der Waals surface area contributed by atoms with Gasteiger partial charge in [0, 0.05) is 17.6 Å². The Morgan fingerprint density at radius 1 is 1.04 bits per heavy atom. The van der Waals surface area contributed by atoms with E-state index >= 15 is 0 Å². The summed E-state index contributed by atoms with van der Waals surface area (Å²) in [5, 5.41) is 5.59. The minimum Gasteiger partial charge on any atom is -0.331 e. The van der Waals surface area contributed by atoms with Crippen molar-refractivity contribution in [1.82, 2.24) is 10.3 Å². The summed E-state index contributed by atoms with van der Waals surface area (Å²) in [7, 11) is 0. The summed E-state index contributed by atoms with van der Waals surface area (Å²) in [6, 6.07) is 17.1. The van der Waals surface area contributed by atoms with E-state index in [1.54, 1.807) is 18.3 Å². The van der Waals surface area contributed by atoms with E-state index in [-0.39, 0.29) is 17.9 Å². The number of pyridine rings is 1. The smallest absolute Gasteiger partial charge is 0.319 e. The quantitative estimate of drug-likeness (QED) is 0.690. The van der Waals surface area contributed by atoms with Crippen LogP contribution in [0.3, 0.4) is 0 Å². The van der Waals surface area contributed by atoms with E-state index in [4.69, 9.17) is 0 Å². The summed E-state index contributed by atoms with van der Waals surface area (Å²) in [5.74, 6) is -0.321. The van der Waals surface area contributed by atoms with Crippen LogP contribution in [0.4, 0.5) is 14.9 Å². The van der Waals surface area contributed by atoms with E-state index in [9.17, 15) is 9.18 Å². The Labute approximate surface area is 152 Å². The van der Waals surface area contributed by atoms with Gasteiger partial charge in [-0.15, -0.1) is 0 Å². The second-order valence-corrected chi connectivity index (χ2v) is 6.14. The minimum absolute atomic E-state index is 0.301. The van der Waals surface area contributed by atoms with Crippen molar-refractivity contribution < 1.29 is 9.18 Å². The third-order valence-corrected chi connectivity index (χ3v) is 4.07. The monoisotopic (exact) mass is 349 g/mol. The number of aryl methyl sites for hydroxylation is 1. The SMILES string of the molecule is Cc1cc(-c2ccc(NC(=O)NC(C)c3cccc(F)c3)cc2)ccn1. The number of anilines is 1. The first kappa shape index (κ1) is 17.6. The Balaban J connectivity index is 1.62. The zero-order valence-electron chi connectivity index (χ0n) is 14.7. The van der Waals surface area contributed by atoms with Crippen LogP contribution in [-0.4, -0.2) is 11.0 Å². The summed E-state index contributed by atoms with van der Waals surface area (Å²) >= 11 is 0. The zero-order valence-corrected chi connectivity index (χ0v) is 14.7. The average molecular weight is 349 g/mol. The van der Waals surface area contributed by atoms with Gasteiger partial charge in [-0.25, -0.2) is 9.18 Å². The van der Waals surface area contributed by atoms with Crippen LogP contribution in [0.1, 0.15) is 24.2 Å². The average Bonchev–Trinajstić information content (AvgIpc) is 2.62. The number of aromatic nitrogens is 1. The largest absolute Gasteiger partial charge is 0.331 e. The Hall–Kier alpha value is -3.21. The molecule has 1 aromatic heterocycles. The van der Waals surface area contributed by atoms with Crippen LogP contribution in [0.15, 0.2) is 66.9 Å². The van der Waals surface area contributed by atoms with Crippen LogP contribution in [0.5, 0.6) is 0 Å². The van der Waals surface area contributed by atoms with E-state index in [1.165, 1.54) is 12.1 Å². The lowest BCUT2D eigenvalue weighted by Crippen LogP contribution is -2.31. The third-order valence-electron chi connectivity index (χ3n) is 4.07. The van der Waals surface area contributed by atoms with Gasteiger partial charge in [-0.2, -0.15) is 0 Å². The van der Waals surface area contributed by atoms with Crippen molar-refractivity contribution in [3.8, 4) is 11.1 Å². The van der Waals surface area contributed by atoms with Gasteiger partial charge >= 0.3 is 6.03 Å². The number of nitrogens with one attached hydrogen (secondary N) is 2. The Kier molecular flexibility index (Phi) is 5.27. The molecule has 1 atom stereocenters. The van der Waals surface area contributed by atoms with E-state index in [0.717, 1.165) is 16.8 Å². The molecule has 2 aromatic carbocycles. The molecule has 3 aromatic rings. The van der Waals surface area contributed by atoms with Crippen LogP contribution in [-0.2, 0) is 0 Å². The molecule has 0 aliphatic carbocycles. The van der Waals surface area contributed by atoms with Crippen LogP contribution in [0.2, 0.25) is 0 Å². The van der Waals surface area contributed by atoms with E-state index in [0.29, 0.717) is 11.3 Å². The van der Waals surface area contributed by atoms with Crippen molar-refractivity contribution in [1.29, 1.82) is 0 Å². The molecule has 0 aliphatic heterocycles. The van der Waals surface area contributed by atoms with Gasteiger partial charge in [-0.05, 0) is 66.9 Å². The van der Waals surface area contributed by atoms with Crippen molar-refractivity contribution in [2.45, 2.75) is 19.9 Å². The highest BCUT2D eigenvalue weighted by atomic mass is 19.1. The summed E-state index contributed by atoms with van der Waals surface area (Å²) in [4.78, 5) is 16.3. The van der Waals surface area contributed by atoms with Crippen molar-refractivity contribution in [3.63, 3.8) is 0 Å². The molecule has 5 heteroatoms. The lowest BCUT2D eigenvalue weighted by atomic mass is 10.1. The number of amides is 2. The fraction of sp³-hybridized carbons (Fsp3) is 0.143. The standard InChI is InChI=1S/C21H20FN3O/c1-14-12-18(10-11-23-14)16-6-8-20(9-7-16)25-21(26)24-15(2)17-4-3-5-19(22)13-17/h3-13,15H,1-2H3,(H2,24,25,26). The van der Waals surface area contributed by atoms with Gasteiger partial charge in [0.25, 0.3) is 0 Å². The highest BCUT2D eigenvalue weighted by molar-refractivity contribution is 5.89. The second kappa shape index (κ2) is 7.78. The molecule has 1 unspecified atom stereocenters. The van der Waals surface area contributed by atoms with Crippen LogP contribution in [0.25, 0.3) is 11.1 Å². The molecule has 1 heterocycles. The van der Waals surface area contributed by atoms with Crippen LogP contribution < -0.4 is 10.6 Å². The maximum Gasteiger partial charge on any atom is 0.319 e. The number of benzene rings is 2. The molecule has 3 rings (SSSR count). The van der Waals surface area contributed by atoms with E-state index < -0.39 is 0 Å². The van der Waals surface area contributed by atoms with Crippen molar-refractivity contribution in [2.75, 3.05) is 5.32 Å². The summed E-state index contributed by atoms with van der Waals surface area (Å²) < 4.78 is 13.3. The third kappa shape index (κ3) is 4.45.